The molecule has 70 valence electrons. The van der Waals surface area contributed by atoms with Gasteiger partial charge in [-0.1, -0.05) is 12.8 Å². The molecule has 1 N–H and O–H groups in total. The van der Waals surface area contributed by atoms with Gasteiger partial charge in [0.2, 0.25) is 0 Å². The molecule has 0 heterocycles. The maximum atomic E-state index is 9.48. The van der Waals surface area contributed by atoms with Crippen molar-refractivity contribution in [3.8, 4) is 11.8 Å². The molecule has 1 nitrogen and oxygen atoms in total. The molecule has 1 atom stereocenters. The average molecular weight is 189 g/mol. The van der Waals surface area contributed by atoms with Gasteiger partial charge in [-0.2, -0.15) is 0 Å². The Kier molecular flexibility index (Phi) is 6.24. The van der Waals surface area contributed by atoms with Crippen molar-refractivity contribution in [3.05, 3.63) is 0 Å². The van der Waals surface area contributed by atoms with Gasteiger partial charge in [0.25, 0.3) is 0 Å². The minimum Gasteiger partial charge on any atom is -0.378 e. The minimum absolute atomic E-state index is 0.676. The van der Waals surface area contributed by atoms with Crippen LogP contribution in [0.1, 0.15) is 39.5 Å². The Morgan fingerprint density at radius 3 is 2.58 bits per heavy atom. The molecule has 0 fully saturated rings. The standard InChI is InChI=1S/C10H17ClO/c1-3-10(2,12)8-6-4-5-7-9-11/h12H,3-5,7,9H2,1-2H3. The summed E-state index contributed by atoms with van der Waals surface area (Å²) in [5.41, 5.74) is -0.805. The molecule has 1 unspecified atom stereocenters. The van der Waals surface area contributed by atoms with E-state index in [0.29, 0.717) is 12.3 Å². The Morgan fingerprint density at radius 1 is 1.42 bits per heavy atom. The number of aliphatic hydroxyl groups is 1. The van der Waals surface area contributed by atoms with Crippen molar-refractivity contribution in [3.63, 3.8) is 0 Å². The van der Waals surface area contributed by atoms with E-state index in [1.54, 1.807) is 6.92 Å². The zero-order valence-corrected chi connectivity index (χ0v) is 8.62. The lowest BCUT2D eigenvalue weighted by Gasteiger charge is -2.11. The van der Waals surface area contributed by atoms with Crippen LogP contribution < -0.4 is 0 Å². The lowest BCUT2D eigenvalue weighted by Crippen LogP contribution is -2.19. The van der Waals surface area contributed by atoms with Crippen molar-refractivity contribution in [2.45, 2.75) is 45.1 Å². The molecule has 0 aliphatic rings. The Balaban J connectivity index is 3.58. The molecule has 12 heavy (non-hydrogen) atoms. The summed E-state index contributed by atoms with van der Waals surface area (Å²) in [4.78, 5) is 0. The van der Waals surface area contributed by atoms with Crippen LogP contribution in [0, 0.1) is 11.8 Å². The first-order chi connectivity index (χ1) is 5.62. The first-order valence-corrected chi connectivity index (χ1v) is 4.94. The fourth-order valence-corrected chi connectivity index (χ4v) is 0.838. The highest BCUT2D eigenvalue weighted by Crippen LogP contribution is 2.06. The van der Waals surface area contributed by atoms with Crippen LogP contribution in [-0.4, -0.2) is 16.6 Å². The highest BCUT2D eigenvalue weighted by molar-refractivity contribution is 6.17. The molecule has 0 aliphatic heterocycles. The molecule has 0 rings (SSSR count). The van der Waals surface area contributed by atoms with Gasteiger partial charge in [0.15, 0.2) is 0 Å². The van der Waals surface area contributed by atoms with Gasteiger partial charge in [-0.25, -0.2) is 0 Å². The number of alkyl halides is 1. The quantitative estimate of drug-likeness (QED) is 0.409. The number of hydrogen-bond acceptors (Lipinski definition) is 1. The Hall–Kier alpha value is -0.190. The van der Waals surface area contributed by atoms with Gasteiger partial charge >= 0.3 is 0 Å². The van der Waals surface area contributed by atoms with Gasteiger partial charge < -0.3 is 5.11 Å². The fourth-order valence-electron chi connectivity index (χ4n) is 0.649. The van der Waals surface area contributed by atoms with E-state index in [2.05, 4.69) is 11.8 Å². The zero-order valence-electron chi connectivity index (χ0n) is 7.86. The van der Waals surface area contributed by atoms with E-state index in [-0.39, 0.29) is 0 Å². The topological polar surface area (TPSA) is 20.2 Å². The third-order valence-corrected chi connectivity index (χ3v) is 2.00. The van der Waals surface area contributed by atoms with E-state index >= 15 is 0 Å². The van der Waals surface area contributed by atoms with Gasteiger partial charge in [0, 0.05) is 12.3 Å². The molecule has 0 bridgehead atoms. The number of hydrogen-bond donors (Lipinski definition) is 1. The van der Waals surface area contributed by atoms with Crippen molar-refractivity contribution < 1.29 is 5.11 Å². The van der Waals surface area contributed by atoms with Crippen molar-refractivity contribution in [1.29, 1.82) is 0 Å². The van der Waals surface area contributed by atoms with Gasteiger partial charge in [0.05, 0.1) is 0 Å². The summed E-state index contributed by atoms with van der Waals surface area (Å²) in [6.07, 6.45) is 3.54. The van der Waals surface area contributed by atoms with Crippen molar-refractivity contribution >= 4 is 11.6 Å². The van der Waals surface area contributed by atoms with E-state index in [1.165, 1.54) is 0 Å². The van der Waals surface area contributed by atoms with Crippen LogP contribution >= 0.6 is 11.6 Å². The van der Waals surface area contributed by atoms with Crippen LogP contribution in [0.25, 0.3) is 0 Å². The van der Waals surface area contributed by atoms with Crippen LogP contribution in [0.3, 0.4) is 0 Å². The fraction of sp³-hybridized carbons (Fsp3) is 0.800. The molecule has 0 spiro atoms. The van der Waals surface area contributed by atoms with Crippen LogP contribution in [0.15, 0.2) is 0 Å². The number of halogens is 1. The van der Waals surface area contributed by atoms with E-state index in [9.17, 15) is 5.11 Å². The number of rotatable bonds is 4. The highest BCUT2D eigenvalue weighted by Gasteiger charge is 2.11. The summed E-state index contributed by atoms with van der Waals surface area (Å²) in [6, 6.07) is 0. The third kappa shape index (κ3) is 6.52. The van der Waals surface area contributed by atoms with Crippen LogP contribution in [0.4, 0.5) is 0 Å². The summed E-state index contributed by atoms with van der Waals surface area (Å²) >= 11 is 5.50. The summed E-state index contributed by atoms with van der Waals surface area (Å²) in [5, 5.41) is 9.48. The molecule has 0 saturated carbocycles. The second-order valence-electron chi connectivity index (χ2n) is 3.08. The van der Waals surface area contributed by atoms with Crippen LogP contribution in [0.2, 0.25) is 0 Å². The first-order valence-electron chi connectivity index (χ1n) is 4.41. The summed E-state index contributed by atoms with van der Waals surface area (Å²) in [5.74, 6) is 6.48. The summed E-state index contributed by atoms with van der Waals surface area (Å²) in [6.45, 7) is 3.66. The van der Waals surface area contributed by atoms with Gasteiger partial charge in [-0.05, 0) is 26.2 Å². The van der Waals surface area contributed by atoms with E-state index in [1.807, 2.05) is 6.92 Å². The Bertz CT molecular complexity index is 164. The average Bonchev–Trinajstić information content (AvgIpc) is 2.04. The number of unbranched alkanes of at least 4 members (excludes halogenated alkanes) is 2. The van der Waals surface area contributed by atoms with Crippen LogP contribution in [-0.2, 0) is 0 Å². The second kappa shape index (κ2) is 6.34. The van der Waals surface area contributed by atoms with Crippen molar-refractivity contribution in [2.75, 3.05) is 5.88 Å². The van der Waals surface area contributed by atoms with E-state index in [0.717, 1.165) is 19.3 Å². The molecule has 0 aromatic carbocycles. The zero-order chi connectivity index (χ0) is 9.45. The third-order valence-electron chi connectivity index (χ3n) is 1.73. The SMILES string of the molecule is CCC(C)(O)C#CCCCCCl. The molecule has 0 aliphatic carbocycles. The lowest BCUT2D eigenvalue weighted by molar-refractivity contribution is 0.118. The van der Waals surface area contributed by atoms with E-state index < -0.39 is 5.60 Å². The summed E-state index contributed by atoms with van der Waals surface area (Å²) < 4.78 is 0. The molecular weight excluding hydrogens is 172 g/mol. The minimum atomic E-state index is -0.805. The van der Waals surface area contributed by atoms with Crippen molar-refractivity contribution in [1.82, 2.24) is 0 Å². The lowest BCUT2D eigenvalue weighted by atomic mass is 10.0. The Labute approximate surface area is 80.1 Å². The maximum Gasteiger partial charge on any atom is 0.122 e. The molecule has 0 radical (unpaired) electrons. The normalized spacial score (nSPS) is 14.7. The predicted octanol–water partition coefficient (Wildman–Crippen LogP) is 2.56. The van der Waals surface area contributed by atoms with Crippen molar-refractivity contribution in [2.24, 2.45) is 0 Å². The maximum absolute atomic E-state index is 9.48. The van der Waals surface area contributed by atoms with Crippen LogP contribution in [0.5, 0.6) is 0 Å². The Morgan fingerprint density at radius 2 is 2.08 bits per heavy atom. The first kappa shape index (κ1) is 11.8. The largest absolute Gasteiger partial charge is 0.378 e. The summed E-state index contributed by atoms with van der Waals surface area (Å²) in [7, 11) is 0. The molecule has 0 aromatic rings. The smallest absolute Gasteiger partial charge is 0.122 e. The highest BCUT2D eigenvalue weighted by atomic mass is 35.5. The predicted molar refractivity (Wildman–Crippen MR) is 53.3 cm³/mol. The second-order valence-corrected chi connectivity index (χ2v) is 3.45. The molecule has 0 amide bonds. The monoisotopic (exact) mass is 188 g/mol. The molecular formula is C10H17ClO. The molecule has 2 heteroatoms. The van der Waals surface area contributed by atoms with E-state index in [4.69, 9.17) is 11.6 Å². The van der Waals surface area contributed by atoms with Gasteiger partial charge in [-0.3, -0.25) is 0 Å². The molecule has 0 aromatic heterocycles. The molecule has 0 saturated heterocycles. The van der Waals surface area contributed by atoms with Gasteiger partial charge in [-0.15, -0.1) is 17.5 Å². The van der Waals surface area contributed by atoms with Gasteiger partial charge in [0.1, 0.15) is 5.60 Å².